The van der Waals surface area contributed by atoms with E-state index in [-0.39, 0.29) is 0 Å². The van der Waals surface area contributed by atoms with Crippen LogP contribution < -0.4 is 14.8 Å². The maximum absolute atomic E-state index is 5.42. The van der Waals surface area contributed by atoms with Crippen LogP contribution in [0.3, 0.4) is 0 Å². The lowest BCUT2D eigenvalue weighted by molar-refractivity contribution is 0.350. The van der Waals surface area contributed by atoms with Gasteiger partial charge in [0.25, 0.3) is 0 Å². The minimum absolute atomic E-state index is 0.744. The Morgan fingerprint density at radius 2 is 1.65 bits per heavy atom. The van der Waals surface area contributed by atoms with Gasteiger partial charge in [0.15, 0.2) is 11.5 Å². The zero-order chi connectivity index (χ0) is 14.4. The fourth-order valence-electron chi connectivity index (χ4n) is 2.14. The third-order valence-electron chi connectivity index (χ3n) is 3.25. The summed E-state index contributed by atoms with van der Waals surface area (Å²) in [5.74, 6) is 1.56. The van der Waals surface area contributed by atoms with Gasteiger partial charge >= 0.3 is 0 Å². The number of ether oxygens (including phenoxy) is 2. The van der Waals surface area contributed by atoms with E-state index in [9.17, 15) is 0 Å². The molecule has 0 amide bonds. The third-order valence-corrected chi connectivity index (χ3v) is 3.25. The number of hydrogen-bond donors (Lipinski definition) is 1. The van der Waals surface area contributed by atoms with E-state index < -0.39 is 0 Å². The fraction of sp³-hybridized carbons (Fsp3) is 0.294. The molecular weight excluding hydrogens is 250 g/mol. The normalized spacial score (nSPS) is 10.3. The van der Waals surface area contributed by atoms with Crippen molar-refractivity contribution in [2.24, 2.45) is 0 Å². The molecule has 3 nitrogen and oxygen atoms in total. The van der Waals surface area contributed by atoms with E-state index in [0.717, 1.165) is 30.2 Å². The molecule has 20 heavy (non-hydrogen) atoms. The summed E-state index contributed by atoms with van der Waals surface area (Å²) in [5.41, 5.74) is 3.65. The lowest BCUT2D eigenvalue weighted by atomic mass is 10.1. The van der Waals surface area contributed by atoms with E-state index in [4.69, 9.17) is 9.47 Å². The molecule has 0 radical (unpaired) electrons. The summed E-state index contributed by atoms with van der Waals surface area (Å²) in [7, 11) is 3.32. The van der Waals surface area contributed by atoms with Crippen LogP contribution in [-0.2, 0) is 13.1 Å². The SMILES string of the molecule is COc1cccc(CNCc2ccc(C)cc2)c1OC. The molecule has 0 fully saturated rings. The molecule has 0 unspecified atom stereocenters. The third kappa shape index (κ3) is 3.52. The van der Waals surface area contributed by atoms with E-state index in [2.05, 4.69) is 36.5 Å². The van der Waals surface area contributed by atoms with Gasteiger partial charge in [-0.1, -0.05) is 42.0 Å². The Bertz CT molecular complexity index is 549. The van der Waals surface area contributed by atoms with Gasteiger partial charge < -0.3 is 14.8 Å². The van der Waals surface area contributed by atoms with Crippen LogP contribution in [0, 0.1) is 6.92 Å². The van der Waals surface area contributed by atoms with Gasteiger partial charge in [-0.05, 0) is 18.6 Å². The Hall–Kier alpha value is -2.00. The standard InChI is InChI=1S/C17H21NO2/c1-13-7-9-14(10-8-13)11-18-12-15-5-4-6-16(19-2)17(15)20-3/h4-10,18H,11-12H2,1-3H3. The molecule has 0 aliphatic heterocycles. The monoisotopic (exact) mass is 271 g/mol. The highest BCUT2D eigenvalue weighted by molar-refractivity contribution is 5.46. The smallest absolute Gasteiger partial charge is 0.165 e. The van der Waals surface area contributed by atoms with Gasteiger partial charge in [0.1, 0.15) is 0 Å². The summed E-state index contributed by atoms with van der Waals surface area (Å²) in [6.07, 6.45) is 0. The van der Waals surface area contributed by atoms with Crippen LogP contribution in [-0.4, -0.2) is 14.2 Å². The van der Waals surface area contributed by atoms with E-state index in [1.165, 1.54) is 11.1 Å². The van der Waals surface area contributed by atoms with E-state index in [1.54, 1.807) is 14.2 Å². The summed E-state index contributed by atoms with van der Waals surface area (Å²) in [5, 5.41) is 3.43. The quantitative estimate of drug-likeness (QED) is 0.874. The van der Waals surface area contributed by atoms with Gasteiger partial charge in [0.2, 0.25) is 0 Å². The minimum Gasteiger partial charge on any atom is -0.493 e. The molecule has 2 aromatic carbocycles. The van der Waals surface area contributed by atoms with Crippen LogP contribution in [0.4, 0.5) is 0 Å². The molecule has 0 heterocycles. The molecule has 106 valence electrons. The number of nitrogens with one attached hydrogen (secondary N) is 1. The van der Waals surface area contributed by atoms with Crippen LogP contribution in [0.5, 0.6) is 11.5 Å². The highest BCUT2D eigenvalue weighted by Crippen LogP contribution is 2.30. The highest BCUT2D eigenvalue weighted by Gasteiger charge is 2.08. The molecule has 3 heteroatoms. The second kappa shape index (κ2) is 6.96. The first-order valence-corrected chi connectivity index (χ1v) is 6.70. The van der Waals surface area contributed by atoms with Crippen LogP contribution in [0.1, 0.15) is 16.7 Å². The van der Waals surface area contributed by atoms with Gasteiger partial charge in [0, 0.05) is 18.7 Å². The Labute approximate surface area is 120 Å². The molecule has 0 saturated carbocycles. The van der Waals surface area contributed by atoms with Gasteiger partial charge in [-0.2, -0.15) is 0 Å². The van der Waals surface area contributed by atoms with Crippen molar-refractivity contribution in [2.45, 2.75) is 20.0 Å². The first-order valence-electron chi connectivity index (χ1n) is 6.70. The van der Waals surface area contributed by atoms with Crippen LogP contribution in [0.25, 0.3) is 0 Å². The summed E-state index contributed by atoms with van der Waals surface area (Å²) in [6, 6.07) is 14.5. The average molecular weight is 271 g/mol. The fourth-order valence-corrected chi connectivity index (χ4v) is 2.14. The van der Waals surface area contributed by atoms with Gasteiger partial charge in [-0.15, -0.1) is 0 Å². The maximum Gasteiger partial charge on any atom is 0.165 e. The summed E-state index contributed by atoms with van der Waals surface area (Å²) < 4.78 is 10.7. The predicted molar refractivity (Wildman–Crippen MR) is 81.3 cm³/mol. The molecule has 0 saturated heterocycles. The summed E-state index contributed by atoms with van der Waals surface area (Å²) in [4.78, 5) is 0. The predicted octanol–water partition coefficient (Wildman–Crippen LogP) is 3.30. The van der Waals surface area contributed by atoms with Crippen LogP contribution in [0.15, 0.2) is 42.5 Å². The van der Waals surface area contributed by atoms with Crippen LogP contribution >= 0.6 is 0 Å². The number of hydrogen-bond acceptors (Lipinski definition) is 3. The first kappa shape index (κ1) is 14.4. The molecular formula is C17H21NO2. The Kier molecular flexibility index (Phi) is 5.02. The molecule has 0 spiro atoms. The van der Waals surface area contributed by atoms with Crippen molar-refractivity contribution in [1.82, 2.24) is 5.32 Å². The van der Waals surface area contributed by atoms with Gasteiger partial charge in [0.05, 0.1) is 14.2 Å². The molecule has 0 aliphatic rings. The first-order chi connectivity index (χ1) is 9.74. The zero-order valence-corrected chi connectivity index (χ0v) is 12.3. The van der Waals surface area contributed by atoms with E-state index >= 15 is 0 Å². The second-order valence-corrected chi connectivity index (χ2v) is 4.74. The Morgan fingerprint density at radius 3 is 2.30 bits per heavy atom. The van der Waals surface area contributed by atoms with Crippen molar-refractivity contribution in [3.8, 4) is 11.5 Å². The Balaban J connectivity index is 1.98. The molecule has 2 rings (SSSR count). The Morgan fingerprint density at radius 1 is 0.900 bits per heavy atom. The molecule has 1 N–H and O–H groups in total. The molecule has 0 aromatic heterocycles. The number of rotatable bonds is 6. The minimum atomic E-state index is 0.744. The zero-order valence-electron chi connectivity index (χ0n) is 12.3. The van der Waals surface area contributed by atoms with Gasteiger partial charge in [-0.25, -0.2) is 0 Å². The topological polar surface area (TPSA) is 30.5 Å². The molecule has 0 aliphatic carbocycles. The van der Waals surface area contributed by atoms with Crippen molar-refractivity contribution < 1.29 is 9.47 Å². The summed E-state index contributed by atoms with van der Waals surface area (Å²) >= 11 is 0. The van der Waals surface area contributed by atoms with E-state index in [0.29, 0.717) is 0 Å². The number of benzene rings is 2. The lowest BCUT2D eigenvalue weighted by Gasteiger charge is -2.13. The molecule has 2 aromatic rings. The number of methoxy groups -OCH3 is 2. The van der Waals surface area contributed by atoms with Gasteiger partial charge in [-0.3, -0.25) is 0 Å². The lowest BCUT2D eigenvalue weighted by Crippen LogP contribution is -2.13. The molecule has 0 bridgehead atoms. The summed E-state index contributed by atoms with van der Waals surface area (Å²) in [6.45, 7) is 3.67. The van der Waals surface area contributed by atoms with E-state index in [1.807, 2.05) is 18.2 Å². The number of para-hydroxylation sites is 1. The highest BCUT2D eigenvalue weighted by atomic mass is 16.5. The number of aryl methyl sites for hydroxylation is 1. The van der Waals surface area contributed by atoms with Crippen molar-refractivity contribution in [1.29, 1.82) is 0 Å². The average Bonchev–Trinajstić information content (AvgIpc) is 2.49. The van der Waals surface area contributed by atoms with Crippen molar-refractivity contribution >= 4 is 0 Å². The van der Waals surface area contributed by atoms with Crippen LogP contribution in [0.2, 0.25) is 0 Å². The van der Waals surface area contributed by atoms with Crippen molar-refractivity contribution in [3.05, 3.63) is 59.2 Å². The van der Waals surface area contributed by atoms with Crippen molar-refractivity contribution in [3.63, 3.8) is 0 Å². The van der Waals surface area contributed by atoms with Crippen molar-refractivity contribution in [2.75, 3.05) is 14.2 Å². The maximum atomic E-state index is 5.42. The largest absolute Gasteiger partial charge is 0.493 e. The second-order valence-electron chi connectivity index (χ2n) is 4.74. The molecule has 0 atom stereocenters.